The van der Waals surface area contributed by atoms with E-state index in [-0.39, 0.29) is 23.1 Å². The molecule has 102 valence electrons. The standard InChI is InChI=1S/C4H8N6O8/c11-7(12)5(8(13)14)3-1-2-4-6(9(15)16)10(17)18/h1-4H2. The molecule has 0 saturated heterocycles. The minimum absolute atomic E-state index is 0.180. The number of hydrogen-bond acceptors (Lipinski definition) is 8. The van der Waals surface area contributed by atoms with Crippen LogP contribution in [0.2, 0.25) is 0 Å². The lowest BCUT2D eigenvalue weighted by Gasteiger charge is -2.04. The Bertz CT molecular complexity index is 295. The van der Waals surface area contributed by atoms with Gasteiger partial charge in [0, 0.05) is 0 Å². The second-order valence-electron chi connectivity index (χ2n) is 2.85. The molecule has 0 aliphatic carbocycles. The number of hydrogen-bond donors (Lipinski definition) is 0. The molecule has 0 unspecified atom stereocenters. The number of unbranched alkanes of at least 4 members (excludes halogenated alkanes) is 1. The van der Waals surface area contributed by atoms with Crippen molar-refractivity contribution in [3.05, 3.63) is 40.5 Å². The number of hydrazine groups is 4. The Morgan fingerprint density at radius 2 is 0.833 bits per heavy atom. The first-order valence-corrected chi connectivity index (χ1v) is 4.39. The van der Waals surface area contributed by atoms with E-state index in [9.17, 15) is 40.5 Å². The average molecular weight is 268 g/mol. The summed E-state index contributed by atoms with van der Waals surface area (Å²) in [5.74, 6) is 0. The highest BCUT2D eigenvalue weighted by Gasteiger charge is 2.29. The van der Waals surface area contributed by atoms with Crippen LogP contribution in [0.15, 0.2) is 0 Å². The maximum atomic E-state index is 10.1. The summed E-state index contributed by atoms with van der Waals surface area (Å²) >= 11 is 0. The van der Waals surface area contributed by atoms with Crippen molar-refractivity contribution >= 4 is 0 Å². The summed E-state index contributed by atoms with van der Waals surface area (Å²) in [6.45, 7) is -1.22. The molecule has 0 N–H and O–H groups in total. The fourth-order valence-electron chi connectivity index (χ4n) is 0.952. The molecular weight excluding hydrogens is 260 g/mol. The summed E-state index contributed by atoms with van der Waals surface area (Å²) in [7, 11) is 0. The highest BCUT2D eigenvalue weighted by Crippen LogP contribution is 1.99. The van der Waals surface area contributed by atoms with Gasteiger partial charge >= 0.3 is 0 Å². The Hall–Kier alpha value is -2.80. The molecule has 0 saturated carbocycles. The smallest absolute Gasteiger partial charge is 0.222 e. The molecule has 0 rings (SSSR count). The molecule has 0 aliphatic rings. The van der Waals surface area contributed by atoms with Crippen molar-refractivity contribution in [3.8, 4) is 0 Å². The van der Waals surface area contributed by atoms with Crippen molar-refractivity contribution in [2.24, 2.45) is 0 Å². The summed E-state index contributed by atoms with van der Waals surface area (Å²) in [5, 5.41) is 35.0. The second kappa shape index (κ2) is 6.71. The average Bonchev–Trinajstić information content (AvgIpc) is 2.20. The summed E-state index contributed by atoms with van der Waals surface area (Å²) in [6, 6.07) is 0. The molecule has 0 spiro atoms. The molecule has 0 aliphatic heterocycles. The van der Waals surface area contributed by atoms with Crippen LogP contribution in [0.1, 0.15) is 12.8 Å². The molecule has 0 aromatic heterocycles. The SMILES string of the molecule is O=[N+]([O-])N(CCCCN([N+](=O)[O-])[N+](=O)[O-])[N+](=O)[O-]. The molecule has 0 aromatic rings. The van der Waals surface area contributed by atoms with Crippen LogP contribution in [0, 0.1) is 40.5 Å². The van der Waals surface area contributed by atoms with Crippen LogP contribution in [-0.2, 0) is 0 Å². The number of nitrogens with zero attached hydrogens (tertiary/aromatic N) is 6. The van der Waals surface area contributed by atoms with E-state index in [0.717, 1.165) is 0 Å². The van der Waals surface area contributed by atoms with Gasteiger partial charge in [-0.05, 0) is 12.8 Å². The van der Waals surface area contributed by atoms with E-state index < -0.39 is 33.2 Å². The lowest BCUT2D eigenvalue weighted by molar-refractivity contribution is -0.909. The van der Waals surface area contributed by atoms with Crippen LogP contribution in [0.25, 0.3) is 0 Å². The van der Waals surface area contributed by atoms with Crippen LogP contribution in [-0.4, -0.2) is 43.5 Å². The van der Waals surface area contributed by atoms with Crippen LogP contribution in [0.4, 0.5) is 0 Å². The lowest BCUT2D eigenvalue weighted by atomic mass is 10.3. The van der Waals surface area contributed by atoms with Gasteiger partial charge in [0.15, 0.2) is 23.3 Å². The van der Waals surface area contributed by atoms with Crippen molar-refractivity contribution in [2.75, 3.05) is 13.1 Å². The second-order valence-corrected chi connectivity index (χ2v) is 2.85. The fraction of sp³-hybridized carbons (Fsp3) is 1.00. The van der Waals surface area contributed by atoms with Crippen molar-refractivity contribution < 1.29 is 20.1 Å². The van der Waals surface area contributed by atoms with Gasteiger partial charge in [-0.3, -0.25) is 0 Å². The van der Waals surface area contributed by atoms with Gasteiger partial charge in [-0.15, -0.1) is 0 Å². The largest absolute Gasteiger partial charge is 0.230 e. The zero-order valence-corrected chi connectivity index (χ0v) is 8.78. The van der Waals surface area contributed by atoms with Crippen molar-refractivity contribution in [3.63, 3.8) is 0 Å². The molecule has 0 heterocycles. The van der Waals surface area contributed by atoms with Gasteiger partial charge in [0.1, 0.15) is 0 Å². The predicted molar refractivity (Wildman–Crippen MR) is 50.6 cm³/mol. The van der Waals surface area contributed by atoms with E-state index >= 15 is 0 Å². The van der Waals surface area contributed by atoms with Gasteiger partial charge < -0.3 is 0 Å². The minimum atomic E-state index is -1.25. The quantitative estimate of drug-likeness (QED) is 0.290. The normalized spacial score (nSPS) is 9.56. The molecule has 18 heavy (non-hydrogen) atoms. The van der Waals surface area contributed by atoms with Crippen LogP contribution < -0.4 is 0 Å². The third kappa shape index (κ3) is 4.81. The topological polar surface area (TPSA) is 179 Å². The highest BCUT2D eigenvalue weighted by molar-refractivity contribution is 4.41. The lowest BCUT2D eigenvalue weighted by Crippen LogP contribution is -2.38. The molecule has 0 atom stereocenters. The first kappa shape index (κ1) is 15.2. The van der Waals surface area contributed by atoms with E-state index in [0.29, 0.717) is 0 Å². The monoisotopic (exact) mass is 268 g/mol. The van der Waals surface area contributed by atoms with Gasteiger partial charge in [0.05, 0.1) is 0 Å². The predicted octanol–water partition coefficient (Wildman–Crippen LogP) is -0.863. The van der Waals surface area contributed by atoms with Gasteiger partial charge in [-0.2, -0.15) is 0 Å². The molecule has 14 nitrogen and oxygen atoms in total. The van der Waals surface area contributed by atoms with E-state index in [1.54, 1.807) is 0 Å². The summed E-state index contributed by atoms with van der Waals surface area (Å²) in [6.07, 6.45) is -0.361. The van der Waals surface area contributed by atoms with E-state index in [4.69, 9.17) is 0 Å². The first-order chi connectivity index (χ1) is 8.27. The molecule has 0 bridgehead atoms. The Balaban J connectivity index is 4.12. The third-order valence-electron chi connectivity index (χ3n) is 1.72. The Morgan fingerprint density at radius 1 is 0.611 bits per heavy atom. The van der Waals surface area contributed by atoms with E-state index in [1.807, 2.05) is 0 Å². The summed E-state index contributed by atoms with van der Waals surface area (Å²) in [4.78, 5) is 40.6. The molecule has 0 fully saturated rings. The zero-order valence-electron chi connectivity index (χ0n) is 8.78. The van der Waals surface area contributed by atoms with E-state index in [1.165, 1.54) is 0 Å². The summed E-state index contributed by atoms with van der Waals surface area (Å²) in [5.41, 5.74) is 0. The Labute approximate surface area is 97.8 Å². The third-order valence-corrected chi connectivity index (χ3v) is 1.72. The first-order valence-electron chi connectivity index (χ1n) is 4.39. The van der Waals surface area contributed by atoms with Gasteiger partial charge in [-0.1, -0.05) is 0 Å². The maximum Gasteiger partial charge on any atom is 0.222 e. The van der Waals surface area contributed by atoms with Crippen LogP contribution in [0.3, 0.4) is 0 Å². The number of nitro groups is 4. The molecule has 0 amide bonds. The highest BCUT2D eigenvalue weighted by atomic mass is 16.8. The molecule has 0 aromatic carbocycles. The zero-order chi connectivity index (χ0) is 14.3. The fourth-order valence-corrected chi connectivity index (χ4v) is 0.952. The van der Waals surface area contributed by atoms with Crippen LogP contribution >= 0.6 is 0 Å². The maximum absolute atomic E-state index is 10.1. The summed E-state index contributed by atoms with van der Waals surface area (Å²) < 4.78 is 0. The molecule has 0 radical (unpaired) electrons. The van der Waals surface area contributed by atoms with Crippen molar-refractivity contribution in [2.45, 2.75) is 12.8 Å². The number of rotatable bonds is 9. The Kier molecular flexibility index (Phi) is 5.67. The minimum Gasteiger partial charge on any atom is -0.230 e. The Morgan fingerprint density at radius 3 is 1.00 bits per heavy atom. The van der Waals surface area contributed by atoms with Gasteiger partial charge in [0.2, 0.25) is 20.1 Å². The van der Waals surface area contributed by atoms with Gasteiger partial charge in [-0.25, -0.2) is 40.5 Å². The van der Waals surface area contributed by atoms with Crippen molar-refractivity contribution in [1.82, 2.24) is 10.2 Å². The van der Waals surface area contributed by atoms with Gasteiger partial charge in [0.25, 0.3) is 0 Å². The van der Waals surface area contributed by atoms with Crippen LogP contribution in [0.5, 0.6) is 0 Å². The van der Waals surface area contributed by atoms with Crippen molar-refractivity contribution in [1.29, 1.82) is 0 Å². The van der Waals surface area contributed by atoms with E-state index in [2.05, 4.69) is 0 Å². The molecular formula is C4H8N6O8. The molecule has 14 heteroatoms.